The first-order valence-corrected chi connectivity index (χ1v) is 11.8. The topological polar surface area (TPSA) is 119 Å². The van der Waals surface area contributed by atoms with E-state index in [4.69, 9.17) is 16.3 Å². The van der Waals surface area contributed by atoms with Crippen LogP contribution in [-0.2, 0) is 20.3 Å². The molecule has 0 aromatic carbocycles. The predicted octanol–water partition coefficient (Wildman–Crippen LogP) is -0.595. The first-order chi connectivity index (χ1) is 13.1. The summed E-state index contributed by atoms with van der Waals surface area (Å²) < 4.78 is 17.5. The number of amides is 1. The summed E-state index contributed by atoms with van der Waals surface area (Å²) in [6.45, 7) is 4.61. The Kier molecular flexibility index (Phi) is 8.69. The molecule has 0 spiro atoms. The normalized spacial score (nSPS) is 40.1. The van der Waals surface area contributed by atoms with E-state index >= 15 is 0 Å². The highest BCUT2D eigenvalue weighted by Gasteiger charge is 2.49. The van der Waals surface area contributed by atoms with E-state index < -0.39 is 52.1 Å². The van der Waals surface area contributed by atoms with Crippen LogP contribution in [0.3, 0.4) is 0 Å². The smallest absolute Gasteiger partial charge is 0.237 e. The monoisotopic (exact) mass is 440 g/mol. The molecule has 28 heavy (non-hydrogen) atoms. The molecule has 164 valence electrons. The number of alkyl halides is 1. The van der Waals surface area contributed by atoms with Crippen LogP contribution in [0.15, 0.2) is 0 Å². The Morgan fingerprint density at radius 2 is 1.96 bits per heavy atom. The number of nitrogens with one attached hydrogen (secondary N) is 1. The molecule has 8 nitrogen and oxygen atoms in total. The zero-order valence-corrected chi connectivity index (χ0v) is 18.4. The second kappa shape index (κ2) is 10.1. The van der Waals surface area contributed by atoms with Crippen molar-refractivity contribution >= 4 is 28.3 Å². The third kappa shape index (κ3) is 5.24. The number of likely N-dealkylation sites (N-methyl/N-ethyl adjacent to an activating group) is 1. The fraction of sp³-hybridized carbons (Fsp3) is 0.944. The molecule has 2 heterocycles. The van der Waals surface area contributed by atoms with Crippen molar-refractivity contribution in [2.24, 2.45) is 5.92 Å². The van der Waals surface area contributed by atoms with Crippen LogP contribution in [0.4, 0.5) is 0 Å². The molecule has 2 rings (SSSR count). The lowest BCUT2D eigenvalue weighted by Crippen LogP contribution is -2.66. The molecule has 0 aliphatic carbocycles. The number of hydrogen-bond donors (Lipinski definition) is 4. The third-order valence-corrected chi connectivity index (χ3v) is 7.04. The Balaban J connectivity index is 2.14. The quantitative estimate of drug-likeness (QED) is 0.390. The van der Waals surface area contributed by atoms with Crippen LogP contribution in [0.1, 0.15) is 33.1 Å². The van der Waals surface area contributed by atoms with Crippen molar-refractivity contribution in [3.63, 3.8) is 0 Å². The number of carbonyl (C=O) groups excluding carboxylic acids is 1. The van der Waals surface area contributed by atoms with Crippen molar-refractivity contribution in [1.29, 1.82) is 0 Å². The number of nitrogens with zero attached hydrogens (tertiary/aromatic N) is 1. The number of likely N-dealkylation sites (tertiary alicyclic amines) is 1. The van der Waals surface area contributed by atoms with E-state index in [-0.39, 0.29) is 11.9 Å². The third-order valence-electron chi connectivity index (χ3n) is 5.73. The van der Waals surface area contributed by atoms with Gasteiger partial charge in [-0.2, -0.15) is 0 Å². The standard InChI is InChI=1S/C18H33ClN2O6S/c1-5-6-10-7-11(21(3)8-10)17(25)20-12(9(2)19)16-14(23)13(22)15(24)18(27-16)28(4)26/h9-16,18,22-24H,5-8H2,1-4H3,(H,20,25)/t9-,10+,11-,12+,13-,14+,15+,16+,18-,28?/m0/s1. The molecule has 0 bridgehead atoms. The summed E-state index contributed by atoms with van der Waals surface area (Å²) in [5.74, 6) is 0.238. The van der Waals surface area contributed by atoms with E-state index in [0.717, 1.165) is 25.8 Å². The van der Waals surface area contributed by atoms with Gasteiger partial charge in [0.25, 0.3) is 0 Å². The van der Waals surface area contributed by atoms with Crippen LogP contribution in [0.5, 0.6) is 0 Å². The molecule has 2 aliphatic rings. The first-order valence-electron chi connectivity index (χ1n) is 9.75. The van der Waals surface area contributed by atoms with E-state index in [0.29, 0.717) is 5.92 Å². The molecule has 2 fully saturated rings. The summed E-state index contributed by atoms with van der Waals surface area (Å²) in [6.07, 6.45) is -1.41. The van der Waals surface area contributed by atoms with Crippen molar-refractivity contribution in [3.05, 3.63) is 0 Å². The molecule has 0 radical (unpaired) electrons. The van der Waals surface area contributed by atoms with Gasteiger partial charge >= 0.3 is 0 Å². The highest BCUT2D eigenvalue weighted by molar-refractivity contribution is 7.84. The van der Waals surface area contributed by atoms with Gasteiger partial charge in [-0.25, -0.2) is 0 Å². The minimum Gasteiger partial charge on any atom is -0.388 e. The van der Waals surface area contributed by atoms with Gasteiger partial charge in [0.2, 0.25) is 5.91 Å². The average Bonchev–Trinajstić information content (AvgIpc) is 2.98. The summed E-state index contributed by atoms with van der Waals surface area (Å²) >= 11 is 6.28. The zero-order chi connectivity index (χ0) is 21.2. The van der Waals surface area contributed by atoms with Gasteiger partial charge in [0.1, 0.15) is 24.4 Å². The highest BCUT2D eigenvalue weighted by Crippen LogP contribution is 2.29. The molecule has 2 saturated heterocycles. The molecule has 0 aromatic rings. The van der Waals surface area contributed by atoms with Gasteiger partial charge in [0, 0.05) is 12.8 Å². The molecule has 2 aliphatic heterocycles. The van der Waals surface area contributed by atoms with Gasteiger partial charge in [0.05, 0.1) is 28.3 Å². The maximum Gasteiger partial charge on any atom is 0.237 e. The van der Waals surface area contributed by atoms with Gasteiger partial charge in [-0.05, 0) is 32.7 Å². The number of hydrogen-bond acceptors (Lipinski definition) is 7. The highest BCUT2D eigenvalue weighted by atomic mass is 35.5. The molecule has 10 atom stereocenters. The van der Waals surface area contributed by atoms with Crippen LogP contribution < -0.4 is 5.32 Å². The minimum atomic E-state index is -1.60. The molecule has 0 saturated carbocycles. The Morgan fingerprint density at radius 3 is 2.50 bits per heavy atom. The Labute approximate surface area is 174 Å². The van der Waals surface area contributed by atoms with Crippen LogP contribution in [-0.4, -0.2) is 97.5 Å². The fourth-order valence-corrected chi connectivity index (χ4v) is 5.24. The maximum absolute atomic E-state index is 12.9. The number of ether oxygens (including phenoxy) is 1. The van der Waals surface area contributed by atoms with E-state index in [1.165, 1.54) is 6.26 Å². The lowest BCUT2D eigenvalue weighted by Gasteiger charge is -2.43. The van der Waals surface area contributed by atoms with Crippen molar-refractivity contribution < 1.29 is 29.1 Å². The number of rotatable bonds is 7. The van der Waals surface area contributed by atoms with E-state index in [1.54, 1.807) is 6.92 Å². The summed E-state index contributed by atoms with van der Waals surface area (Å²) in [4.78, 5) is 14.9. The van der Waals surface area contributed by atoms with Crippen molar-refractivity contribution in [2.75, 3.05) is 19.8 Å². The molecule has 10 heteroatoms. The van der Waals surface area contributed by atoms with Crippen LogP contribution in [0.2, 0.25) is 0 Å². The van der Waals surface area contributed by atoms with Crippen LogP contribution in [0.25, 0.3) is 0 Å². The molecular formula is C18H33ClN2O6S. The van der Waals surface area contributed by atoms with Crippen molar-refractivity contribution in [1.82, 2.24) is 10.2 Å². The minimum absolute atomic E-state index is 0.218. The molecule has 1 amide bonds. The lowest BCUT2D eigenvalue weighted by atomic mass is 9.92. The molecule has 4 N–H and O–H groups in total. The van der Waals surface area contributed by atoms with E-state index in [2.05, 4.69) is 12.2 Å². The van der Waals surface area contributed by atoms with Gasteiger partial charge < -0.3 is 25.4 Å². The maximum atomic E-state index is 12.9. The zero-order valence-electron chi connectivity index (χ0n) is 16.8. The van der Waals surface area contributed by atoms with Crippen LogP contribution in [0, 0.1) is 5.92 Å². The van der Waals surface area contributed by atoms with Crippen molar-refractivity contribution in [3.8, 4) is 0 Å². The number of aliphatic hydroxyl groups excluding tert-OH is 3. The Bertz CT molecular complexity index is 568. The number of carbonyl (C=O) groups is 1. The Morgan fingerprint density at radius 1 is 1.32 bits per heavy atom. The SMILES string of the molecule is CCC[C@@H]1C[C@@H](C(=O)N[C@@H]([C@H]2O[C@@H](S(C)=O)[C@H](O)[C@@H](O)[C@H]2O)[C@H](C)Cl)N(C)C1. The summed E-state index contributed by atoms with van der Waals surface area (Å²) in [6, 6.07) is -1.13. The molecule has 0 aromatic heterocycles. The summed E-state index contributed by atoms with van der Waals surface area (Å²) in [5, 5.41) is 32.8. The number of halogens is 1. The van der Waals surface area contributed by atoms with Gasteiger partial charge in [0.15, 0.2) is 5.44 Å². The van der Waals surface area contributed by atoms with Crippen molar-refractivity contribution in [2.45, 2.75) is 80.4 Å². The van der Waals surface area contributed by atoms with Gasteiger partial charge in [-0.15, -0.1) is 11.6 Å². The first kappa shape index (κ1) is 24.0. The summed E-state index contributed by atoms with van der Waals surface area (Å²) in [7, 11) is 0.301. The summed E-state index contributed by atoms with van der Waals surface area (Å²) in [5.41, 5.74) is -1.18. The van der Waals surface area contributed by atoms with E-state index in [1.807, 2.05) is 11.9 Å². The fourth-order valence-electron chi connectivity index (χ4n) is 4.19. The second-order valence-electron chi connectivity index (χ2n) is 8.00. The van der Waals surface area contributed by atoms with E-state index in [9.17, 15) is 24.3 Å². The van der Waals surface area contributed by atoms with Crippen LogP contribution >= 0.6 is 11.6 Å². The predicted molar refractivity (Wildman–Crippen MR) is 107 cm³/mol. The molecule has 1 unspecified atom stereocenters. The Hall–Kier alpha value is -0.290. The lowest BCUT2D eigenvalue weighted by molar-refractivity contribution is -0.206. The molecular weight excluding hydrogens is 408 g/mol. The van der Waals surface area contributed by atoms with Gasteiger partial charge in [-0.1, -0.05) is 13.3 Å². The average molecular weight is 441 g/mol. The second-order valence-corrected chi connectivity index (χ2v) is 10.1. The van der Waals surface area contributed by atoms with Gasteiger partial charge in [-0.3, -0.25) is 13.9 Å². The number of aliphatic hydroxyl groups is 3. The largest absolute Gasteiger partial charge is 0.388 e.